The maximum atomic E-state index is 12.4. The molecule has 1 atom stereocenters. The van der Waals surface area contributed by atoms with Crippen molar-refractivity contribution in [2.45, 2.75) is 53.0 Å². The first kappa shape index (κ1) is 15.0. The highest BCUT2D eigenvalue weighted by molar-refractivity contribution is 5.96. The van der Waals surface area contributed by atoms with Crippen molar-refractivity contribution < 1.29 is 4.79 Å². The van der Waals surface area contributed by atoms with Gasteiger partial charge in [-0.1, -0.05) is 24.1 Å². The van der Waals surface area contributed by atoms with Crippen LogP contribution in [0.1, 0.15) is 42.9 Å². The van der Waals surface area contributed by atoms with Crippen LogP contribution in [0.15, 0.2) is 12.1 Å². The molecular formula is C17H26N2O. The maximum Gasteiger partial charge on any atom is 0.241 e. The van der Waals surface area contributed by atoms with Gasteiger partial charge in [0.15, 0.2) is 0 Å². The van der Waals surface area contributed by atoms with Gasteiger partial charge in [0, 0.05) is 5.69 Å². The molecular weight excluding hydrogens is 248 g/mol. The number of nitrogens with one attached hydrogen (secondary N) is 1. The molecule has 3 nitrogen and oxygen atoms in total. The zero-order valence-corrected chi connectivity index (χ0v) is 13.1. The Hall–Kier alpha value is -1.35. The molecule has 0 spiro atoms. The van der Waals surface area contributed by atoms with Gasteiger partial charge in [-0.3, -0.25) is 9.69 Å². The molecule has 0 radical (unpaired) electrons. The van der Waals surface area contributed by atoms with Crippen LogP contribution >= 0.6 is 0 Å². The van der Waals surface area contributed by atoms with Gasteiger partial charge in [-0.15, -0.1) is 0 Å². The van der Waals surface area contributed by atoms with E-state index in [2.05, 4.69) is 43.1 Å². The number of likely N-dealkylation sites (tertiary alicyclic amines) is 1. The summed E-state index contributed by atoms with van der Waals surface area (Å²) in [5, 5.41) is 3.12. The van der Waals surface area contributed by atoms with E-state index in [9.17, 15) is 4.79 Å². The Kier molecular flexibility index (Phi) is 4.81. The Morgan fingerprint density at radius 2 is 1.65 bits per heavy atom. The van der Waals surface area contributed by atoms with Crippen molar-refractivity contribution in [1.29, 1.82) is 0 Å². The predicted octanol–water partition coefficient (Wildman–Crippen LogP) is 3.42. The molecule has 1 aliphatic rings. The van der Waals surface area contributed by atoms with E-state index in [1.54, 1.807) is 0 Å². The van der Waals surface area contributed by atoms with Crippen LogP contribution in [0.5, 0.6) is 0 Å². The smallest absolute Gasteiger partial charge is 0.241 e. The molecule has 2 rings (SSSR count). The van der Waals surface area contributed by atoms with Gasteiger partial charge in [-0.25, -0.2) is 0 Å². The molecule has 1 heterocycles. The quantitative estimate of drug-likeness (QED) is 0.916. The number of anilines is 1. The van der Waals surface area contributed by atoms with E-state index in [4.69, 9.17) is 0 Å². The third-order valence-corrected chi connectivity index (χ3v) is 4.24. The number of benzene rings is 1. The van der Waals surface area contributed by atoms with Crippen molar-refractivity contribution in [1.82, 2.24) is 4.90 Å². The lowest BCUT2D eigenvalue weighted by Crippen LogP contribution is -2.44. The molecule has 1 fully saturated rings. The number of piperidine rings is 1. The monoisotopic (exact) mass is 274 g/mol. The highest BCUT2D eigenvalue weighted by Crippen LogP contribution is 2.22. The normalized spacial score (nSPS) is 17.8. The van der Waals surface area contributed by atoms with Crippen LogP contribution in [0, 0.1) is 20.8 Å². The van der Waals surface area contributed by atoms with E-state index >= 15 is 0 Å². The molecule has 1 aromatic rings. The first-order valence-electron chi connectivity index (χ1n) is 7.62. The van der Waals surface area contributed by atoms with E-state index < -0.39 is 0 Å². The molecule has 1 aromatic carbocycles. The van der Waals surface area contributed by atoms with E-state index in [0.29, 0.717) is 0 Å². The second-order valence-electron chi connectivity index (χ2n) is 6.04. The van der Waals surface area contributed by atoms with E-state index in [1.807, 2.05) is 6.92 Å². The fourth-order valence-electron chi connectivity index (χ4n) is 3.08. The summed E-state index contributed by atoms with van der Waals surface area (Å²) in [7, 11) is 0. The second-order valence-corrected chi connectivity index (χ2v) is 6.04. The van der Waals surface area contributed by atoms with Gasteiger partial charge < -0.3 is 5.32 Å². The van der Waals surface area contributed by atoms with Gasteiger partial charge in [0.25, 0.3) is 0 Å². The summed E-state index contributed by atoms with van der Waals surface area (Å²) in [5.74, 6) is 0.113. The number of amides is 1. The number of carbonyl (C=O) groups is 1. The summed E-state index contributed by atoms with van der Waals surface area (Å²) in [4.78, 5) is 14.7. The summed E-state index contributed by atoms with van der Waals surface area (Å²) in [6.45, 7) is 10.3. The van der Waals surface area contributed by atoms with Crippen molar-refractivity contribution in [3.63, 3.8) is 0 Å². The van der Waals surface area contributed by atoms with Crippen molar-refractivity contribution in [2.24, 2.45) is 0 Å². The molecule has 1 aliphatic heterocycles. The minimum atomic E-state index is -0.0459. The SMILES string of the molecule is Cc1cc(C)c(NC(=O)[C@@H](C)N2CCCCC2)c(C)c1. The number of nitrogens with zero attached hydrogens (tertiary/aromatic N) is 1. The molecule has 20 heavy (non-hydrogen) atoms. The zero-order chi connectivity index (χ0) is 14.7. The van der Waals surface area contributed by atoms with Gasteiger partial charge in [0.05, 0.1) is 6.04 Å². The summed E-state index contributed by atoms with van der Waals surface area (Å²) in [5.41, 5.74) is 4.50. The fourth-order valence-corrected chi connectivity index (χ4v) is 3.08. The van der Waals surface area contributed by atoms with Gasteiger partial charge >= 0.3 is 0 Å². The highest BCUT2D eigenvalue weighted by Gasteiger charge is 2.23. The van der Waals surface area contributed by atoms with Gasteiger partial charge in [0.2, 0.25) is 5.91 Å². The standard InChI is InChI=1S/C17H26N2O/c1-12-10-13(2)16(14(3)11-12)18-17(20)15(4)19-8-6-5-7-9-19/h10-11,15H,5-9H2,1-4H3,(H,18,20)/t15-/m1/s1. The largest absolute Gasteiger partial charge is 0.324 e. The Bertz CT molecular complexity index is 467. The lowest BCUT2D eigenvalue weighted by atomic mass is 10.0. The number of carbonyl (C=O) groups excluding carboxylic acids is 1. The zero-order valence-electron chi connectivity index (χ0n) is 13.1. The first-order valence-corrected chi connectivity index (χ1v) is 7.62. The number of rotatable bonds is 3. The molecule has 0 saturated carbocycles. The van der Waals surface area contributed by atoms with Crippen LogP contribution in [-0.2, 0) is 4.79 Å². The van der Waals surface area contributed by atoms with Gasteiger partial charge in [-0.2, -0.15) is 0 Å². The third-order valence-electron chi connectivity index (χ3n) is 4.24. The summed E-state index contributed by atoms with van der Waals surface area (Å²) in [6, 6.07) is 4.19. The molecule has 0 unspecified atom stereocenters. The van der Waals surface area contributed by atoms with Gasteiger partial charge in [-0.05, 0) is 64.8 Å². The fraction of sp³-hybridized carbons (Fsp3) is 0.588. The second kappa shape index (κ2) is 6.40. The van der Waals surface area contributed by atoms with Gasteiger partial charge in [0.1, 0.15) is 0 Å². The summed E-state index contributed by atoms with van der Waals surface area (Å²) >= 11 is 0. The predicted molar refractivity (Wildman–Crippen MR) is 84.2 cm³/mol. The number of hydrogen-bond acceptors (Lipinski definition) is 2. The molecule has 3 heteroatoms. The Labute approximate surface area is 122 Å². The molecule has 0 aromatic heterocycles. The van der Waals surface area contributed by atoms with Crippen LogP contribution in [0.2, 0.25) is 0 Å². The minimum Gasteiger partial charge on any atom is -0.324 e. The average molecular weight is 274 g/mol. The first-order chi connectivity index (χ1) is 9.49. The minimum absolute atomic E-state index is 0.0459. The van der Waals surface area contributed by atoms with Crippen LogP contribution in [0.25, 0.3) is 0 Å². The van der Waals surface area contributed by atoms with Crippen LogP contribution in [0.4, 0.5) is 5.69 Å². The summed E-state index contributed by atoms with van der Waals surface area (Å²) in [6.07, 6.45) is 3.71. The molecule has 1 saturated heterocycles. The van der Waals surface area contributed by atoms with Crippen LogP contribution < -0.4 is 5.32 Å². The number of aryl methyl sites for hydroxylation is 3. The molecule has 0 bridgehead atoms. The maximum absolute atomic E-state index is 12.4. The average Bonchev–Trinajstić information content (AvgIpc) is 2.42. The van der Waals surface area contributed by atoms with E-state index in [-0.39, 0.29) is 11.9 Å². The topological polar surface area (TPSA) is 32.3 Å². The molecule has 1 N–H and O–H groups in total. The number of hydrogen-bond donors (Lipinski definition) is 1. The highest BCUT2D eigenvalue weighted by atomic mass is 16.2. The Morgan fingerprint density at radius 3 is 2.20 bits per heavy atom. The van der Waals surface area contributed by atoms with E-state index in [0.717, 1.165) is 29.9 Å². The molecule has 110 valence electrons. The van der Waals surface area contributed by atoms with Crippen molar-refractivity contribution in [3.8, 4) is 0 Å². The summed E-state index contributed by atoms with van der Waals surface area (Å²) < 4.78 is 0. The Balaban J connectivity index is 2.07. The van der Waals surface area contributed by atoms with Crippen molar-refractivity contribution >= 4 is 11.6 Å². The molecule has 0 aliphatic carbocycles. The van der Waals surface area contributed by atoms with Crippen LogP contribution in [-0.4, -0.2) is 29.9 Å². The van der Waals surface area contributed by atoms with Crippen LogP contribution in [0.3, 0.4) is 0 Å². The molecule has 1 amide bonds. The van der Waals surface area contributed by atoms with Crippen molar-refractivity contribution in [3.05, 3.63) is 28.8 Å². The lowest BCUT2D eigenvalue weighted by molar-refractivity contribution is -0.121. The van der Waals surface area contributed by atoms with Crippen molar-refractivity contribution in [2.75, 3.05) is 18.4 Å². The lowest BCUT2D eigenvalue weighted by Gasteiger charge is -2.31. The third kappa shape index (κ3) is 3.40. The Morgan fingerprint density at radius 1 is 1.10 bits per heavy atom. The van der Waals surface area contributed by atoms with E-state index in [1.165, 1.54) is 24.8 Å².